The van der Waals surface area contributed by atoms with Crippen molar-refractivity contribution in [1.29, 1.82) is 0 Å². The summed E-state index contributed by atoms with van der Waals surface area (Å²) < 4.78 is 10.4. The van der Waals surface area contributed by atoms with Crippen LogP contribution in [-0.4, -0.2) is 36.5 Å². The van der Waals surface area contributed by atoms with Gasteiger partial charge in [-0.3, -0.25) is 9.59 Å². The van der Waals surface area contributed by atoms with E-state index in [9.17, 15) is 9.59 Å². The molecule has 0 bridgehead atoms. The SMILES string of the molecule is C=CCOc1ccc(C(=O)N(CCC(=O)OCC)Cc2ccccc2)cc1. The van der Waals surface area contributed by atoms with Crippen molar-refractivity contribution in [1.82, 2.24) is 4.90 Å². The molecule has 5 nitrogen and oxygen atoms in total. The highest BCUT2D eigenvalue weighted by Gasteiger charge is 2.18. The van der Waals surface area contributed by atoms with Crippen LogP contribution in [0.15, 0.2) is 67.3 Å². The number of carbonyl (C=O) groups is 2. The van der Waals surface area contributed by atoms with E-state index >= 15 is 0 Å². The molecule has 0 aromatic heterocycles. The van der Waals surface area contributed by atoms with Crippen molar-refractivity contribution in [3.05, 3.63) is 78.4 Å². The van der Waals surface area contributed by atoms with Gasteiger partial charge in [-0.05, 0) is 36.8 Å². The van der Waals surface area contributed by atoms with E-state index in [2.05, 4.69) is 6.58 Å². The van der Waals surface area contributed by atoms with Crippen LogP contribution in [0, 0.1) is 0 Å². The topological polar surface area (TPSA) is 55.8 Å². The number of esters is 1. The molecule has 0 aliphatic carbocycles. The van der Waals surface area contributed by atoms with Crippen molar-refractivity contribution in [2.45, 2.75) is 19.9 Å². The average Bonchev–Trinajstić information content (AvgIpc) is 2.70. The Morgan fingerprint density at radius 1 is 1.07 bits per heavy atom. The van der Waals surface area contributed by atoms with Gasteiger partial charge in [-0.15, -0.1) is 0 Å². The Labute approximate surface area is 160 Å². The van der Waals surface area contributed by atoms with Gasteiger partial charge in [0.1, 0.15) is 12.4 Å². The number of rotatable bonds is 10. The first-order valence-electron chi connectivity index (χ1n) is 8.96. The third kappa shape index (κ3) is 6.62. The second kappa shape index (κ2) is 10.8. The van der Waals surface area contributed by atoms with Crippen LogP contribution in [0.1, 0.15) is 29.3 Å². The summed E-state index contributed by atoms with van der Waals surface area (Å²) in [5, 5.41) is 0. The maximum absolute atomic E-state index is 13.0. The fourth-order valence-electron chi connectivity index (χ4n) is 2.55. The molecule has 27 heavy (non-hydrogen) atoms. The first-order chi connectivity index (χ1) is 13.1. The second-order valence-corrected chi connectivity index (χ2v) is 5.89. The largest absolute Gasteiger partial charge is 0.490 e. The molecule has 0 atom stereocenters. The van der Waals surface area contributed by atoms with E-state index in [0.717, 1.165) is 5.56 Å². The van der Waals surface area contributed by atoms with Gasteiger partial charge in [-0.25, -0.2) is 0 Å². The summed E-state index contributed by atoms with van der Waals surface area (Å²) in [7, 11) is 0. The Balaban J connectivity index is 2.11. The van der Waals surface area contributed by atoms with E-state index in [0.29, 0.717) is 37.6 Å². The van der Waals surface area contributed by atoms with E-state index < -0.39 is 0 Å². The third-order valence-corrected chi connectivity index (χ3v) is 3.86. The Morgan fingerprint density at radius 2 is 1.78 bits per heavy atom. The van der Waals surface area contributed by atoms with Gasteiger partial charge < -0.3 is 14.4 Å². The number of hydrogen-bond donors (Lipinski definition) is 0. The Kier molecular flexibility index (Phi) is 8.10. The summed E-state index contributed by atoms with van der Waals surface area (Å²) in [4.78, 5) is 26.3. The molecule has 0 aliphatic rings. The number of benzene rings is 2. The van der Waals surface area contributed by atoms with Crippen LogP contribution in [-0.2, 0) is 16.1 Å². The van der Waals surface area contributed by atoms with Crippen molar-refractivity contribution in [2.24, 2.45) is 0 Å². The van der Waals surface area contributed by atoms with Gasteiger partial charge in [0.2, 0.25) is 0 Å². The molecule has 2 rings (SSSR count). The molecule has 2 aromatic rings. The summed E-state index contributed by atoms with van der Waals surface area (Å²) in [5.41, 5.74) is 1.54. The summed E-state index contributed by atoms with van der Waals surface area (Å²) in [5.74, 6) is 0.225. The molecule has 1 amide bonds. The Bertz CT molecular complexity index is 741. The lowest BCUT2D eigenvalue weighted by molar-refractivity contribution is -0.143. The number of hydrogen-bond acceptors (Lipinski definition) is 4. The van der Waals surface area contributed by atoms with Crippen LogP contribution in [0.4, 0.5) is 0 Å². The van der Waals surface area contributed by atoms with E-state index in [-0.39, 0.29) is 18.3 Å². The molecule has 2 aromatic carbocycles. The van der Waals surface area contributed by atoms with E-state index in [4.69, 9.17) is 9.47 Å². The second-order valence-electron chi connectivity index (χ2n) is 5.89. The molecular weight excluding hydrogens is 342 g/mol. The molecule has 0 unspecified atom stereocenters. The molecule has 0 aliphatic heterocycles. The molecule has 142 valence electrons. The zero-order valence-electron chi connectivity index (χ0n) is 15.6. The Morgan fingerprint density at radius 3 is 2.41 bits per heavy atom. The number of ether oxygens (including phenoxy) is 2. The lowest BCUT2D eigenvalue weighted by atomic mass is 10.1. The van der Waals surface area contributed by atoms with Crippen LogP contribution >= 0.6 is 0 Å². The average molecular weight is 367 g/mol. The molecule has 0 heterocycles. The minimum Gasteiger partial charge on any atom is -0.490 e. The highest BCUT2D eigenvalue weighted by atomic mass is 16.5. The summed E-state index contributed by atoms with van der Waals surface area (Å²) in [6.45, 7) is 6.83. The molecular formula is C22H25NO4. The molecule has 0 fully saturated rings. The van der Waals surface area contributed by atoms with E-state index in [1.807, 2.05) is 30.3 Å². The first kappa shape index (κ1) is 20.2. The molecule has 0 radical (unpaired) electrons. The van der Waals surface area contributed by atoms with Crippen LogP contribution in [0.5, 0.6) is 5.75 Å². The van der Waals surface area contributed by atoms with E-state index in [1.165, 1.54) is 0 Å². The van der Waals surface area contributed by atoms with Gasteiger partial charge in [-0.1, -0.05) is 43.0 Å². The normalized spacial score (nSPS) is 10.1. The zero-order chi connectivity index (χ0) is 19.5. The van der Waals surface area contributed by atoms with Crippen molar-refractivity contribution in [3.8, 4) is 5.75 Å². The highest BCUT2D eigenvalue weighted by Crippen LogP contribution is 2.16. The fraction of sp³-hybridized carbons (Fsp3) is 0.273. The first-order valence-corrected chi connectivity index (χ1v) is 8.96. The smallest absolute Gasteiger partial charge is 0.307 e. The fourth-order valence-corrected chi connectivity index (χ4v) is 2.55. The van der Waals surface area contributed by atoms with Gasteiger partial charge in [0.15, 0.2) is 0 Å². The monoisotopic (exact) mass is 367 g/mol. The van der Waals surface area contributed by atoms with Gasteiger partial charge in [-0.2, -0.15) is 0 Å². The Hall–Kier alpha value is -3.08. The van der Waals surface area contributed by atoms with Gasteiger partial charge in [0.25, 0.3) is 5.91 Å². The summed E-state index contributed by atoms with van der Waals surface area (Å²) in [6, 6.07) is 16.6. The van der Waals surface area contributed by atoms with Crippen LogP contribution < -0.4 is 4.74 Å². The van der Waals surface area contributed by atoms with Crippen molar-refractivity contribution >= 4 is 11.9 Å². The minimum atomic E-state index is -0.309. The van der Waals surface area contributed by atoms with Gasteiger partial charge in [0, 0.05) is 18.7 Å². The van der Waals surface area contributed by atoms with E-state index in [1.54, 1.807) is 42.2 Å². The standard InChI is InChI=1S/C22H25NO4/c1-3-16-27-20-12-10-19(11-13-20)22(25)23(15-14-21(24)26-4-2)17-18-8-6-5-7-9-18/h3,5-13H,1,4,14-17H2,2H3. The predicted molar refractivity (Wildman–Crippen MR) is 105 cm³/mol. The number of amides is 1. The summed E-state index contributed by atoms with van der Waals surface area (Å²) >= 11 is 0. The van der Waals surface area contributed by atoms with Crippen LogP contribution in [0.2, 0.25) is 0 Å². The maximum atomic E-state index is 13.0. The number of carbonyl (C=O) groups excluding carboxylic acids is 2. The van der Waals surface area contributed by atoms with Crippen molar-refractivity contribution < 1.29 is 19.1 Å². The van der Waals surface area contributed by atoms with Gasteiger partial charge in [0.05, 0.1) is 13.0 Å². The lowest BCUT2D eigenvalue weighted by Crippen LogP contribution is -2.32. The highest BCUT2D eigenvalue weighted by molar-refractivity contribution is 5.94. The molecule has 0 spiro atoms. The van der Waals surface area contributed by atoms with Gasteiger partial charge >= 0.3 is 5.97 Å². The molecule has 0 saturated carbocycles. The molecule has 0 N–H and O–H groups in total. The number of nitrogens with zero attached hydrogens (tertiary/aromatic N) is 1. The van der Waals surface area contributed by atoms with Crippen molar-refractivity contribution in [2.75, 3.05) is 19.8 Å². The quantitative estimate of drug-likeness (QED) is 0.473. The maximum Gasteiger partial charge on any atom is 0.307 e. The summed E-state index contributed by atoms with van der Waals surface area (Å²) in [6.07, 6.45) is 1.82. The predicted octanol–water partition coefficient (Wildman–Crippen LogP) is 3.85. The zero-order valence-corrected chi connectivity index (χ0v) is 15.6. The third-order valence-electron chi connectivity index (χ3n) is 3.86. The molecule has 0 saturated heterocycles. The van der Waals surface area contributed by atoms with Crippen LogP contribution in [0.25, 0.3) is 0 Å². The minimum absolute atomic E-state index is 0.140. The van der Waals surface area contributed by atoms with Crippen LogP contribution in [0.3, 0.4) is 0 Å². The van der Waals surface area contributed by atoms with Crippen molar-refractivity contribution in [3.63, 3.8) is 0 Å². The molecule has 5 heteroatoms. The lowest BCUT2D eigenvalue weighted by Gasteiger charge is -2.23.